The first-order valence-electron chi connectivity index (χ1n) is 12.3. The maximum atomic E-state index is 13.1. The number of nitrogens with zero attached hydrogens (tertiary/aromatic N) is 3. The van der Waals surface area contributed by atoms with Crippen molar-refractivity contribution in [1.82, 2.24) is 19.6 Å². The molecule has 2 aromatic heterocycles. The molecule has 176 valence electrons. The number of fused-ring (bicyclic) bond motifs is 1. The van der Waals surface area contributed by atoms with Gasteiger partial charge in [-0.05, 0) is 55.1 Å². The molecule has 2 heterocycles. The lowest BCUT2D eigenvalue weighted by Crippen LogP contribution is -2.40. The molecule has 6 nitrogen and oxygen atoms in total. The summed E-state index contributed by atoms with van der Waals surface area (Å²) >= 11 is 0. The first-order valence-corrected chi connectivity index (χ1v) is 12.3. The summed E-state index contributed by atoms with van der Waals surface area (Å²) < 4.78 is 1.75. The zero-order valence-electron chi connectivity index (χ0n) is 20.5. The van der Waals surface area contributed by atoms with Crippen LogP contribution in [-0.2, 0) is 0 Å². The van der Waals surface area contributed by atoms with Gasteiger partial charge in [0.25, 0.3) is 11.8 Å². The van der Waals surface area contributed by atoms with Crippen molar-refractivity contribution in [3.8, 4) is 0 Å². The second-order valence-corrected chi connectivity index (χ2v) is 10.1. The van der Waals surface area contributed by atoms with E-state index in [-0.39, 0.29) is 11.8 Å². The first-order chi connectivity index (χ1) is 15.3. The number of carbonyl (C=O) groups is 2. The zero-order valence-corrected chi connectivity index (χ0v) is 20.5. The van der Waals surface area contributed by atoms with Crippen LogP contribution in [0, 0.1) is 17.3 Å². The average molecular weight is 441 g/mol. The van der Waals surface area contributed by atoms with Crippen LogP contribution in [0.1, 0.15) is 94.1 Å². The third-order valence-corrected chi connectivity index (χ3v) is 7.37. The van der Waals surface area contributed by atoms with E-state index in [0.717, 1.165) is 38.8 Å². The number of carbonyl (C=O) groups excluding carboxylic acids is 2. The van der Waals surface area contributed by atoms with Crippen molar-refractivity contribution in [3.63, 3.8) is 0 Å². The van der Waals surface area contributed by atoms with E-state index < -0.39 is 0 Å². The van der Waals surface area contributed by atoms with Crippen molar-refractivity contribution in [2.45, 2.75) is 73.1 Å². The van der Waals surface area contributed by atoms with Crippen LogP contribution in [0.4, 0.5) is 0 Å². The fraction of sp³-hybridized carbons (Fsp3) is 0.654. The Kier molecular flexibility index (Phi) is 7.96. The van der Waals surface area contributed by atoms with Crippen LogP contribution >= 0.6 is 0 Å². The van der Waals surface area contributed by atoms with E-state index in [0.29, 0.717) is 40.8 Å². The molecule has 6 heteroatoms. The zero-order chi connectivity index (χ0) is 23.3. The summed E-state index contributed by atoms with van der Waals surface area (Å²) in [6.07, 6.45) is 8.26. The Morgan fingerprint density at radius 2 is 2.00 bits per heavy atom. The highest BCUT2D eigenvalue weighted by Gasteiger charge is 2.35. The van der Waals surface area contributed by atoms with Gasteiger partial charge in [0.05, 0.1) is 0 Å². The van der Waals surface area contributed by atoms with Crippen LogP contribution in [0.15, 0.2) is 24.4 Å². The number of imidazole rings is 1. The summed E-state index contributed by atoms with van der Waals surface area (Å²) in [7, 11) is 0. The fourth-order valence-electron chi connectivity index (χ4n) is 4.92. The number of unbranched alkanes of at least 4 members (excludes halogenated alkanes) is 1. The van der Waals surface area contributed by atoms with Gasteiger partial charge in [-0.15, -0.1) is 0 Å². The number of hydrogen-bond acceptors (Lipinski definition) is 3. The normalized spacial score (nSPS) is 20.3. The van der Waals surface area contributed by atoms with Gasteiger partial charge in [-0.1, -0.05) is 53.5 Å². The predicted octanol–water partition coefficient (Wildman–Crippen LogP) is 5.18. The molecule has 2 aromatic rings. The van der Waals surface area contributed by atoms with Gasteiger partial charge in [0, 0.05) is 25.8 Å². The Hall–Kier alpha value is -2.37. The molecule has 2 amide bonds. The van der Waals surface area contributed by atoms with Gasteiger partial charge in [0.15, 0.2) is 0 Å². The summed E-state index contributed by atoms with van der Waals surface area (Å²) in [5.41, 5.74) is 1.86. The van der Waals surface area contributed by atoms with E-state index in [1.54, 1.807) is 16.7 Å². The summed E-state index contributed by atoms with van der Waals surface area (Å²) in [5, 5.41) is 3.16. The van der Waals surface area contributed by atoms with Gasteiger partial charge in [-0.25, -0.2) is 4.98 Å². The van der Waals surface area contributed by atoms with Crippen LogP contribution < -0.4 is 5.32 Å². The lowest BCUT2D eigenvalue weighted by molar-refractivity contribution is 0.0747. The molecule has 0 aromatic carbocycles. The average Bonchev–Trinajstić information content (AvgIpc) is 3.21. The lowest BCUT2D eigenvalue weighted by Gasteiger charge is -2.42. The van der Waals surface area contributed by atoms with Crippen LogP contribution in [0.2, 0.25) is 0 Å². The molecule has 0 bridgehead atoms. The van der Waals surface area contributed by atoms with Crippen LogP contribution in [0.5, 0.6) is 0 Å². The van der Waals surface area contributed by atoms with E-state index >= 15 is 0 Å². The van der Waals surface area contributed by atoms with E-state index in [1.807, 2.05) is 17.0 Å². The van der Waals surface area contributed by atoms with E-state index in [2.05, 4.69) is 44.9 Å². The number of hydrogen-bond donors (Lipinski definition) is 1. The van der Waals surface area contributed by atoms with Crippen molar-refractivity contribution in [1.29, 1.82) is 0 Å². The van der Waals surface area contributed by atoms with Crippen LogP contribution in [0.3, 0.4) is 0 Å². The topological polar surface area (TPSA) is 66.7 Å². The van der Waals surface area contributed by atoms with Gasteiger partial charge < -0.3 is 10.2 Å². The molecule has 1 aliphatic carbocycles. The molecule has 3 rings (SSSR count). The minimum Gasteiger partial charge on any atom is -0.350 e. The molecule has 32 heavy (non-hydrogen) atoms. The molecule has 0 radical (unpaired) electrons. The summed E-state index contributed by atoms with van der Waals surface area (Å²) in [4.78, 5) is 32.6. The highest BCUT2D eigenvalue weighted by molar-refractivity contribution is 5.95. The third kappa shape index (κ3) is 5.33. The Morgan fingerprint density at radius 3 is 2.72 bits per heavy atom. The number of aromatic nitrogens is 2. The molecule has 1 N–H and O–H groups in total. The SMILES string of the molecule is CCCCN(CCC)C(=O)c1cn2c(C(=O)NCC3CCCC(C)(C)C3C)cccc2n1. The largest absolute Gasteiger partial charge is 0.350 e. The monoisotopic (exact) mass is 440 g/mol. The van der Waals surface area contributed by atoms with Gasteiger partial charge in [0.1, 0.15) is 17.0 Å². The number of amides is 2. The summed E-state index contributed by atoms with van der Waals surface area (Å²) in [6, 6.07) is 5.47. The smallest absolute Gasteiger partial charge is 0.274 e. The number of nitrogens with one attached hydrogen (secondary N) is 1. The molecule has 2 atom stereocenters. The van der Waals surface area contributed by atoms with Crippen molar-refractivity contribution >= 4 is 17.5 Å². The second-order valence-electron chi connectivity index (χ2n) is 10.1. The third-order valence-electron chi connectivity index (χ3n) is 7.37. The molecule has 1 saturated carbocycles. The van der Waals surface area contributed by atoms with Gasteiger partial charge in [-0.2, -0.15) is 0 Å². The summed E-state index contributed by atoms with van der Waals surface area (Å²) in [6.45, 7) is 13.3. The minimum atomic E-state index is -0.112. The van der Waals surface area contributed by atoms with Gasteiger partial charge >= 0.3 is 0 Å². The molecule has 0 spiro atoms. The quantitative estimate of drug-likeness (QED) is 0.584. The fourth-order valence-corrected chi connectivity index (χ4v) is 4.92. The Morgan fingerprint density at radius 1 is 1.22 bits per heavy atom. The molecular formula is C26H40N4O2. The van der Waals surface area contributed by atoms with E-state index in [9.17, 15) is 9.59 Å². The standard InChI is InChI=1S/C26H40N4O2/c1-6-8-16-29(15-7-2)25(32)21-18-30-22(12-9-13-23(30)28-21)24(31)27-17-20-11-10-14-26(4,5)19(20)3/h9,12-13,18-20H,6-8,10-11,14-17H2,1-5H3,(H,27,31). The lowest BCUT2D eigenvalue weighted by atomic mass is 9.64. The van der Waals surface area contributed by atoms with Crippen molar-refractivity contribution in [3.05, 3.63) is 35.8 Å². The Balaban J connectivity index is 1.75. The van der Waals surface area contributed by atoms with E-state index in [1.165, 1.54) is 12.8 Å². The van der Waals surface area contributed by atoms with Crippen molar-refractivity contribution in [2.24, 2.45) is 17.3 Å². The minimum absolute atomic E-state index is 0.0615. The predicted molar refractivity (Wildman–Crippen MR) is 129 cm³/mol. The number of pyridine rings is 1. The van der Waals surface area contributed by atoms with Crippen molar-refractivity contribution < 1.29 is 9.59 Å². The Bertz CT molecular complexity index is 933. The second kappa shape index (κ2) is 10.5. The van der Waals surface area contributed by atoms with Crippen LogP contribution in [0.25, 0.3) is 5.65 Å². The molecule has 1 aliphatic rings. The summed E-state index contributed by atoms with van der Waals surface area (Å²) in [5.74, 6) is 0.882. The highest BCUT2D eigenvalue weighted by atomic mass is 16.2. The molecular weight excluding hydrogens is 400 g/mol. The van der Waals surface area contributed by atoms with Gasteiger partial charge in [-0.3, -0.25) is 14.0 Å². The maximum Gasteiger partial charge on any atom is 0.274 e. The van der Waals surface area contributed by atoms with Crippen LogP contribution in [-0.4, -0.2) is 45.7 Å². The Labute approximate surface area is 192 Å². The van der Waals surface area contributed by atoms with E-state index in [4.69, 9.17) is 0 Å². The van der Waals surface area contributed by atoms with Crippen molar-refractivity contribution in [2.75, 3.05) is 19.6 Å². The molecule has 0 saturated heterocycles. The molecule has 2 unspecified atom stereocenters. The molecule has 1 fully saturated rings. The molecule has 0 aliphatic heterocycles. The number of rotatable bonds is 9. The van der Waals surface area contributed by atoms with Gasteiger partial charge in [0.2, 0.25) is 0 Å². The maximum absolute atomic E-state index is 13.1. The highest BCUT2D eigenvalue weighted by Crippen LogP contribution is 2.43. The first kappa shape index (κ1) is 24.3.